The zero-order valence-corrected chi connectivity index (χ0v) is 17.3. The second-order valence-electron chi connectivity index (χ2n) is 6.81. The summed E-state index contributed by atoms with van der Waals surface area (Å²) in [5.41, 5.74) is 1.42. The third-order valence-corrected chi connectivity index (χ3v) is 4.05. The van der Waals surface area contributed by atoms with Gasteiger partial charge in [-0.15, -0.1) is 0 Å². The molecule has 0 radical (unpaired) electrons. The van der Waals surface area contributed by atoms with Gasteiger partial charge in [0.15, 0.2) is 0 Å². The molecule has 2 rings (SSSR count). The zero-order chi connectivity index (χ0) is 22.3. The number of aromatic nitrogens is 2. The lowest BCUT2D eigenvalue weighted by Gasteiger charge is -2.33. The van der Waals surface area contributed by atoms with E-state index in [9.17, 15) is 4.79 Å². The predicted octanol–water partition coefficient (Wildman–Crippen LogP) is 1.68. The van der Waals surface area contributed by atoms with Crippen LogP contribution >= 0.6 is 0 Å². The smallest absolute Gasteiger partial charge is 0.290 e. The van der Waals surface area contributed by atoms with Gasteiger partial charge < -0.3 is 25.0 Å². The maximum atomic E-state index is 13.2. The molecule has 0 aliphatic rings. The van der Waals surface area contributed by atoms with E-state index >= 15 is 0 Å². The van der Waals surface area contributed by atoms with Crippen LogP contribution in [0.4, 0.5) is 0 Å². The van der Waals surface area contributed by atoms with Crippen LogP contribution in [0.5, 0.6) is 0 Å². The molecule has 0 fully saturated rings. The van der Waals surface area contributed by atoms with Crippen molar-refractivity contribution < 1.29 is 24.6 Å². The van der Waals surface area contributed by atoms with Crippen LogP contribution in [0.25, 0.3) is 0 Å². The summed E-state index contributed by atoms with van der Waals surface area (Å²) in [5.74, 6) is 0.125. The molecular formula is C20H30N4O5. The fourth-order valence-electron chi connectivity index (χ4n) is 2.52. The number of hydrogen-bond donors (Lipinski definition) is 3. The van der Waals surface area contributed by atoms with Crippen LogP contribution < -0.4 is 0 Å². The molecule has 0 aliphatic heterocycles. The van der Waals surface area contributed by atoms with Crippen LogP contribution in [-0.2, 0) is 26.3 Å². The Morgan fingerprint density at radius 1 is 1.10 bits per heavy atom. The molecule has 1 amide bonds. The zero-order valence-electron chi connectivity index (χ0n) is 17.3. The van der Waals surface area contributed by atoms with Crippen molar-refractivity contribution in [3.05, 3.63) is 54.1 Å². The minimum atomic E-state index is -0.562. The molecule has 1 aromatic heterocycles. The van der Waals surface area contributed by atoms with Crippen molar-refractivity contribution in [2.75, 3.05) is 27.2 Å². The van der Waals surface area contributed by atoms with Gasteiger partial charge in [-0.3, -0.25) is 14.4 Å². The second kappa shape index (κ2) is 13.9. The average molecular weight is 406 g/mol. The number of amides is 1. The van der Waals surface area contributed by atoms with Crippen molar-refractivity contribution in [1.29, 1.82) is 0 Å². The molecule has 1 aromatic carbocycles. The van der Waals surface area contributed by atoms with Gasteiger partial charge in [-0.1, -0.05) is 30.3 Å². The van der Waals surface area contributed by atoms with E-state index in [1.165, 1.54) is 0 Å². The number of benzene rings is 1. The molecule has 1 heterocycles. The number of hydrogen-bond acceptors (Lipinski definition) is 5. The average Bonchev–Trinajstić information content (AvgIpc) is 3.19. The van der Waals surface area contributed by atoms with Gasteiger partial charge >= 0.3 is 0 Å². The Morgan fingerprint density at radius 2 is 1.66 bits per heavy atom. The number of carbonyl (C=O) groups is 3. The molecule has 9 nitrogen and oxygen atoms in total. The third-order valence-electron chi connectivity index (χ3n) is 4.05. The molecule has 0 saturated carbocycles. The molecule has 0 unspecified atom stereocenters. The molecule has 160 valence electrons. The van der Waals surface area contributed by atoms with Gasteiger partial charge in [-0.05, 0) is 33.5 Å². The Kier molecular flexibility index (Phi) is 12.4. The second-order valence-corrected chi connectivity index (χ2v) is 6.81. The number of carboxylic acid groups (broad SMARTS) is 2. The highest BCUT2D eigenvalue weighted by molar-refractivity contribution is 5.87. The van der Waals surface area contributed by atoms with Gasteiger partial charge in [-0.25, -0.2) is 4.98 Å². The van der Waals surface area contributed by atoms with Crippen LogP contribution in [0.2, 0.25) is 0 Å². The third kappa shape index (κ3) is 9.52. The number of likely N-dealkylation sites (N-methyl/N-ethyl adjacent to an activating group) is 1. The quantitative estimate of drug-likeness (QED) is 0.597. The van der Waals surface area contributed by atoms with Crippen molar-refractivity contribution in [3.8, 4) is 0 Å². The number of nitrogens with zero attached hydrogens (tertiary/aromatic N) is 3. The summed E-state index contributed by atoms with van der Waals surface area (Å²) < 4.78 is 0. The summed E-state index contributed by atoms with van der Waals surface area (Å²) in [6.45, 7) is 5.52. The van der Waals surface area contributed by atoms with E-state index in [0.717, 1.165) is 17.8 Å². The Labute approximate surface area is 171 Å². The van der Waals surface area contributed by atoms with Gasteiger partial charge in [0.25, 0.3) is 12.9 Å². The number of imidazole rings is 1. The first-order chi connectivity index (χ1) is 13.7. The fraction of sp³-hybridized carbons (Fsp3) is 0.400. The number of carbonyl (C=O) groups excluding carboxylic acids is 1. The Bertz CT molecular complexity index is 697. The Morgan fingerprint density at radius 3 is 2.10 bits per heavy atom. The number of aromatic amines is 1. The molecule has 3 N–H and O–H groups in total. The topological polar surface area (TPSA) is 127 Å². The van der Waals surface area contributed by atoms with E-state index in [0.29, 0.717) is 13.1 Å². The predicted molar refractivity (Wildman–Crippen MR) is 109 cm³/mol. The van der Waals surface area contributed by atoms with Crippen molar-refractivity contribution in [2.24, 2.45) is 0 Å². The number of H-pyrrole nitrogens is 1. The highest BCUT2D eigenvalue weighted by Crippen LogP contribution is 2.26. The van der Waals surface area contributed by atoms with E-state index in [-0.39, 0.29) is 18.9 Å². The number of nitrogens with one attached hydrogen (secondary N) is 1. The van der Waals surface area contributed by atoms with Gasteiger partial charge in [0.2, 0.25) is 5.91 Å². The summed E-state index contributed by atoms with van der Waals surface area (Å²) in [7, 11) is 4.03. The molecule has 9 heteroatoms. The fourth-order valence-corrected chi connectivity index (χ4v) is 2.52. The molecule has 2 aromatic rings. The lowest BCUT2D eigenvalue weighted by atomic mass is 9.83. The maximum absolute atomic E-state index is 13.2. The Hall–Kier alpha value is -3.20. The molecule has 29 heavy (non-hydrogen) atoms. The van der Waals surface area contributed by atoms with E-state index < -0.39 is 5.41 Å². The lowest BCUT2D eigenvalue weighted by Crippen LogP contribution is -2.45. The summed E-state index contributed by atoms with van der Waals surface area (Å²) in [5, 5.41) is 13.8. The maximum Gasteiger partial charge on any atom is 0.290 e. The summed E-state index contributed by atoms with van der Waals surface area (Å²) >= 11 is 0. The first-order valence-corrected chi connectivity index (χ1v) is 8.87. The van der Waals surface area contributed by atoms with Crippen molar-refractivity contribution in [2.45, 2.75) is 25.8 Å². The monoisotopic (exact) mass is 406 g/mol. The van der Waals surface area contributed by atoms with Gasteiger partial charge in [0.1, 0.15) is 0 Å². The molecule has 0 atom stereocenters. The normalized spacial score (nSPS) is 10.1. The largest absolute Gasteiger partial charge is 0.483 e. The lowest BCUT2D eigenvalue weighted by molar-refractivity contribution is -0.137. The standard InChI is InChI=1S/C18H26N4O.2CH2O2/c1-18(2,15-8-6-5-7-9-15)17(23)22(11-10-21(3)4)13-16-12-19-14-20-16;2*2-1-3/h5-9,12,14H,10-11,13H2,1-4H3,(H,19,20);2*1H,(H,2,3). The van der Waals surface area contributed by atoms with Crippen LogP contribution in [0.1, 0.15) is 25.1 Å². The first kappa shape index (κ1) is 25.8. The van der Waals surface area contributed by atoms with Gasteiger partial charge in [-0.2, -0.15) is 0 Å². The Balaban J connectivity index is 0.00000116. The molecule has 0 bridgehead atoms. The van der Waals surface area contributed by atoms with E-state index in [1.54, 1.807) is 12.5 Å². The van der Waals surface area contributed by atoms with E-state index in [4.69, 9.17) is 19.8 Å². The molecular weight excluding hydrogens is 376 g/mol. The minimum absolute atomic E-state index is 0.125. The first-order valence-electron chi connectivity index (χ1n) is 8.87. The summed E-state index contributed by atoms with van der Waals surface area (Å²) in [4.78, 5) is 41.0. The summed E-state index contributed by atoms with van der Waals surface area (Å²) in [6.07, 6.45) is 3.41. The van der Waals surface area contributed by atoms with Gasteiger partial charge in [0, 0.05) is 19.3 Å². The van der Waals surface area contributed by atoms with Gasteiger partial charge in [0.05, 0.1) is 24.0 Å². The van der Waals surface area contributed by atoms with Crippen molar-refractivity contribution in [3.63, 3.8) is 0 Å². The van der Waals surface area contributed by atoms with Crippen molar-refractivity contribution in [1.82, 2.24) is 19.8 Å². The molecule has 0 aliphatic carbocycles. The highest BCUT2D eigenvalue weighted by Gasteiger charge is 2.33. The van der Waals surface area contributed by atoms with Crippen LogP contribution in [0.15, 0.2) is 42.9 Å². The number of rotatable bonds is 7. The molecule has 0 spiro atoms. The van der Waals surface area contributed by atoms with Crippen LogP contribution in [0, 0.1) is 0 Å². The highest BCUT2D eigenvalue weighted by atomic mass is 16.3. The minimum Gasteiger partial charge on any atom is -0.483 e. The van der Waals surface area contributed by atoms with E-state index in [1.807, 2.05) is 63.2 Å². The van der Waals surface area contributed by atoms with Crippen LogP contribution in [0.3, 0.4) is 0 Å². The van der Waals surface area contributed by atoms with E-state index in [2.05, 4.69) is 14.9 Å². The van der Waals surface area contributed by atoms with Crippen molar-refractivity contribution >= 4 is 18.9 Å². The molecule has 0 saturated heterocycles. The van der Waals surface area contributed by atoms with Crippen LogP contribution in [-0.4, -0.2) is 76.0 Å². The summed E-state index contributed by atoms with van der Waals surface area (Å²) in [6, 6.07) is 9.95. The SMILES string of the molecule is CN(C)CCN(Cc1cnc[nH]1)C(=O)C(C)(C)c1ccccc1.O=CO.O=CO.